The molecule has 1 unspecified atom stereocenters. The molecule has 8 nitrogen and oxygen atoms in total. The van der Waals surface area contributed by atoms with E-state index in [0.29, 0.717) is 11.8 Å². The van der Waals surface area contributed by atoms with Gasteiger partial charge in [-0.15, -0.1) is 0 Å². The number of carbonyl (C=O) groups is 1. The normalized spacial score (nSPS) is 52.9. The second-order valence-corrected chi connectivity index (χ2v) is 17.9. The number of fused-ring (bicyclic) bond motifs is 7. The van der Waals surface area contributed by atoms with Crippen molar-refractivity contribution in [2.24, 2.45) is 50.2 Å². The summed E-state index contributed by atoms with van der Waals surface area (Å²) >= 11 is 0. The van der Waals surface area contributed by atoms with Crippen LogP contribution in [0, 0.1) is 50.2 Å². The van der Waals surface area contributed by atoms with E-state index in [9.17, 15) is 30.3 Å². The van der Waals surface area contributed by atoms with Gasteiger partial charge in [0.1, 0.15) is 24.4 Å². The molecule has 0 bridgehead atoms. The molecule has 13 atom stereocenters. The van der Waals surface area contributed by atoms with E-state index in [1.54, 1.807) is 0 Å². The SMILES string of the molecule is CC1(C)CC[C@]2(C(=O)O)CC[C@]3(C)C(=CC[C@@H]4[C@@]5(C)CCC(O[C@@H]6O[C@H](CO)[C@@H](O)[C@H](O)[C@H]6O)C(C)(C)[C@@H]5CC[C@]43C)[C@@H]2C1. The summed E-state index contributed by atoms with van der Waals surface area (Å²) in [7, 11) is 0. The largest absolute Gasteiger partial charge is 0.481 e. The van der Waals surface area contributed by atoms with E-state index in [-0.39, 0.29) is 39.1 Å². The van der Waals surface area contributed by atoms with Gasteiger partial charge < -0.3 is 35.0 Å². The van der Waals surface area contributed by atoms with Crippen molar-refractivity contribution in [3.63, 3.8) is 0 Å². The highest BCUT2D eigenvalue weighted by atomic mass is 16.7. The Hall–Kier alpha value is -1.03. The van der Waals surface area contributed by atoms with Crippen molar-refractivity contribution in [3.05, 3.63) is 11.6 Å². The van der Waals surface area contributed by atoms with Crippen molar-refractivity contribution in [1.82, 2.24) is 0 Å². The molecule has 4 saturated carbocycles. The van der Waals surface area contributed by atoms with Crippen LogP contribution in [0.5, 0.6) is 0 Å². The Bertz CT molecular complexity index is 1180. The number of hydrogen-bond acceptors (Lipinski definition) is 7. The van der Waals surface area contributed by atoms with Crippen molar-refractivity contribution in [2.45, 2.75) is 149 Å². The summed E-state index contributed by atoms with van der Waals surface area (Å²) in [5, 5.41) is 51.7. The van der Waals surface area contributed by atoms with Crippen LogP contribution in [-0.4, -0.2) is 74.9 Å². The molecule has 5 fully saturated rings. The minimum atomic E-state index is -1.45. The first-order valence-electron chi connectivity index (χ1n) is 17.3. The standard InChI is InChI=1S/C36H58O8/c1-31(2)14-16-36(30(41)42)17-15-34(6)20(21(36)18-31)8-9-24-33(5)12-11-25(32(3,4)23(33)10-13-35(24,34)7)44-29-28(40)27(39)26(38)22(19-37)43-29/h8,21-29,37-40H,9-19H2,1-7H3,(H,41,42)/t21-,22+,23-,24+,25?,26+,27-,28+,29-,33-,34+,35+,36-/m0/s1. The monoisotopic (exact) mass is 618 g/mol. The van der Waals surface area contributed by atoms with Gasteiger partial charge >= 0.3 is 5.97 Å². The van der Waals surface area contributed by atoms with Crippen LogP contribution in [0.4, 0.5) is 0 Å². The third kappa shape index (κ3) is 4.40. The van der Waals surface area contributed by atoms with E-state index in [1.165, 1.54) is 5.57 Å². The minimum absolute atomic E-state index is 0.0330. The van der Waals surface area contributed by atoms with Crippen LogP contribution in [0.1, 0.15) is 113 Å². The number of carboxylic acids is 1. The molecule has 6 rings (SSSR count). The zero-order valence-electron chi connectivity index (χ0n) is 28.0. The van der Waals surface area contributed by atoms with Gasteiger partial charge in [0.25, 0.3) is 0 Å². The first-order valence-corrected chi connectivity index (χ1v) is 17.3. The maximum Gasteiger partial charge on any atom is 0.310 e. The number of allylic oxidation sites excluding steroid dienone is 2. The molecule has 5 N–H and O–H groups in total. The Kier molecular flexibility index (Phi) is 7.84. The Morgan fingerprint density at radius 2 is 1.57 bits per heavy atom. The lowest BCUT2D eigenvalue weighted by atomic mass is 9.33. The molecule has 0 aromatic rings. The zero-order valence-corrected chi connectivity index (χ0v) is 28.0. The third-order valence-electron chi connectivity index (χ3n) is 15.1. The molecular weight excluding hydrogens is 560 g/mol. The van der Waals surface area contributed by atoms with Crippen LogP contribution < -0.4 is 0 Å². The van der Waals surface area contributed by atoms with Crippen LogP contribution >= 0.6 is 0 Å². The molecule has 250 valence electrons. The molecular formula is C36H58O8. The van der Waals surface area contributed by atoms with Gasteiger partial charge in [0.15, 0.2) is 6.29 Å². The first kappa shape index (κ1) is 32.9. The van der Waals surface area contributed by atoms with Crippen molar-refractivity contribution in [3.8, 4) is 0 Å². The molecule has 1 aliphatic heterocycles. The second kappa shape index (κ2) is 10.5. The number of aliphatic carboxylic acids is 1. The fourth-order valence-corrected chi connectivity index (χ4v) is 12.2. The predicted molar refractivity (Wildman–Crippen MR) is 165 cm³/mol. The molecule has 5 aliphatic carbocycles. The highest BCUT2D eigenvalue weighted by Crippen LogP contribution is 2.76. The quantitative estimate of drug-likeness (QED) is 0.218. The van der Waals surface area contributed by atoms with Gasteiger partial charge in [-0.2, -0.15) is 0 Å². The minimum Gasteiger partial charge on any atom is -0.481 e. The number of hydrogen-bond donors (Lipinski definition) is 5. The highest BCUT2D eigenvalue weighted by molar-refractivity contribution is 5.76. The Balaban J connectivity index is 1.29. The highest BCUT2D eigenvalue weighted by Gasteiger charge is 2.69. The molecule has 0 radical (unpaired) electrons. The second-order valence-electron chi connectivity index (χ2n) is 17.9. The number of carboxylic acid groups (broad SMARTS) is 1. The van der Waals surface area contributed by atoms with Gasteiger partial charge in [-0.05, 0) is 109 Å². The predicted octanol–water partition coefficient (Wildman–Crippen LogP) is 5.06. The van der Waals surface area contributed by atoms with Gasteiger partial charge in [0, 0.05) is 0 Å². The lowest BCUT2D eigenvalue weighted by Crippen LogP contribution is -2.66. The first-order chi connectivity index (χ1) is 20.4. The van der Waals surface area contributed by atoms with E-state index in [2.05, 4.69) is 54.5 Å². The Labute approximate surface area is 263 Å². The third-order valence-corrected chi connectivity index (χ3v) is 15.1. The van der Waals surface area contributed by atoms with Crippen LogP contribution in [0.3, 0.4) is 0 Å². The Morgan fingerprint density at radius 3 is 2.23 bits per heavy atom. The van der Waals surface area contributed by atoms with E-state index >= 15 is 0 Å². The summed E-state index contributed by atoms with van der Waals surface area (Å²) in [5.41, 5.74) is 0.809. The fourth-order valence-electron chi connectivity index (χ4n) is 12.2. The molecule has 0 spiro atoms. The van der Waals surface area contributed by atoms with Gasteiger partial charge in [-0.1, -0.05) is 60.1 Å². The average molecular weight is 619 g/mol. The molecule has 8 heteroatoms. The lowest BCUT2D eigenvalue weighted by Gasteiger charge is -2.71. The van der Waals surface area contributed by atoms with Crippen molar-refractivity contribution in [2.75, 3.05) is 6.61 Å². The van der Waals surface area contributed by atoms with Gasteiger partial charge in [-0.3, -0.25) is 4.79 Å². The van der Waals surface area contributed by atoms with Crippen LogP contribution in [-0.2, 0) is 14.3 Å². The molecule has 44 heavy (non-hydrogen) atoms. The Morgan fingerprint density at radius 1 is 0.886 bits per heavy atom. The number of rotatable bonds is 4. The number of aliphatic hydroxyl groups is 4. The van der Waals surface area contributed by atoms with Crippen molar-refractivity contribution >= 4 is 5.97 Å². The smallest absolute Gasteiger partial charge is 0.310 e. The fraction of sp³-hybridized carbons (Fsp3) is 0.917. The lowest BCUT2D eigenvalue weighted by molar-refractivity contribution is -0.330. The summed E-state index contributed by atoms with van der Waals surface area (Å²) < 4.78 is 12.2. The van der Waals surface area contributed by atoms with Gasteiger partial charge in [0.05, 0.1) is 18.1 Å². The summed E-state index contributed by atoms with van der Waals surface area (Å²) in [6.07, 6.45) is 5.19. The van der Waals surface area contributed by atoms with E-state index in [1.807, 2.05) is 0 Å². The topological polar surface area (TPSA) is 137 Å². The summed E-state index contributed by atoms with van der Waals surface area (Å²) in [4.78, 5) is 12.9. The van der Waals surface area contributed by atoms with Crippen molar-refractivity contribution < 1.29 is 39.8 Å². The summed E-state index contributed by atoms with van der Waals surface area (Å²) in [6, 6.07) is 0. The van der Waals surface area contributed by atoms with Crippen LogP contribution in [0.25, 0.3) is 0 Å². The molecule has 1 saturated heterocycles. The molecule has 0 aromatic carbocycles. The molecule has 1 heterocycles. The zero-order chi connectivity index (χ0) is 32.3. The van der Waals surface area contributed by atoms with Crippen LogP contribution in [0.15, 0.2) is 11.6 Å². The van der Waals surface area contributed by atoms with E-state index < -0.39 is 48.7 Å². The van der Waals surface area contributed by atoms with Crippen LogP contribution in [0.2, 0.25) is 0 Å². The molecule has 0 aromatic heterocycles. The number of aliphatic hydroxyl groups excluding tert-OH is 4. The van der Waals surface area contributed by atoms with E-state index in [4.69, 9.17) is 9.47 Å². The van der Waals surface area contributed by atoms with Crippen molar-refractivity contribution in [1.29, 1.82) is 0 Å². The van der Waals surface area contributed by atoms with E-state index in [0.717, 1.165) is 64.2 Å². The maximum atomic E-state index is 12.9. The molecule has 6 aliphatic rings. The van der Waals surface area contributed by atoms with Gasteiger partial charge in [-0.25, -0.2) is 0 Å². The maximum absolute atomic E-state index is 12.9. The van der Waals surface area contributed by atoms with Gasteiger partial charge in [0.2, 0.25) is 0 Å². The summed E-state index contributed by atoms with van der Waals surface area (Å²) in [6.45, 7) is 16.2. The summed E-state index contributed by atoms with van der Waals surface area (Å²) in [5.74, 6) is 0.336. The number of ether oxygens (including phenoxy) is 2. The molecule has 0 amide bonds. The average Bonchev–Trinajstić information content (AvgIpc) is 2.94.